The fourth-order valence-electron chi connectivity index (χ4n) is 2.72. The monoisotopic (exact) mass is 273 g/mol. The molecule has 0 spiro atoms. The number of hydrogen-bond donors (Lipinski definition) is 1. The lowest BCUT2D eigenvalue weighted by Gasteiger charge is -2.36. The van der Waals surface area contributed by atoms with E-state index in [9.17, 15) is 0 Å². The minimum absolute atomic E-state index is 0.0469. The maximum absolute atomic E-state index is 6.54. The average molecular weight is 273 g/mol. The summed E-state index contributed by atoms with van der Waals surface area (Å²) in [5.41, 5.74) is 7.76. The van der Waals surface area contributed by atoms with Gasteiger partial charge < -0.3 is 5.73 Å². The number of nitrogens with zero attached hydrogens (tertiary/aromatic N) is 2. The number of benzene rings is 1. The predicted octanol–water partition coefficient (Wildman–Crippen LogP) is 2.28. The SMILES string of the molecule is CN1CCSCC1C(N)c1cccc2ccncc12. The second-order valence-electron chi connectivity index (χ2n) is 5.09. The number of rotatable bonds is 2. The number of thioether (sulfide) groups is 1. The van der Waals surface area contributed by atoms with Gasteiger partial charge in [-0.25, -0.2) is 0 Å². The van der Waals surface area contributed by atoms with Crippen LogP contribution < -0.4 is 5.73 Å². The molecule has 3 nitrogen and oxygen atoms in total. The van der Waals surface area contributed by atoms with Crippen molar-refractivity contribution in [3.05, 3.63) is 42.2 Å². The lowest BCUT2D eigenvalue weighted by molar-refractivity contribution is 0.238. The molecule has 0 radical (unpaired) electrons. The van der Waals surface area contributed by atoms with Crippen LogP contribution >= 0.6 is 11.8 Å². The Balaban J connectivity index is 1.99. The van der Waals surface area contributed by atoms with Gasteiger partial charge in [0.2, 0.25) is 0 Å². The summed E-state index contributed by atoms with van der Waals surface area (Å²) in [6, 6.07) is 8.85. The molecule has 1 aliphatic heterocycles. The van der Waals surface area contributed by atoms with Crippen molar-refractivity contribution in [1.82, 2.24) is 9.88 Å². The smallest absolute Gasteiger partial charge is 0.0467 e. The van der Waals surface area contributed by atoms with E-state index in [-0.39, 0.29) is 6.04 Å². The van der Waals surface area contributed by atoms with E-state index >= 15 is 0 Å². The zero-order valence-electron chi connectivity index (χ0n) is 11.1. The number of nitrogens with two attached hydrogens (primary N) is 1. The molecule has 1 aromatic carbocycles. The van der Waals surface area contributed by atoms with Crippen LogP contribution in [0.5, 0.6) is 0 Å². The van der Waals surface area contributed by atoms with Gasteiger partial charge in [0.25, 0.3) is 0 Å². The summed E-state index contributed by atoms with van der Waals surface area (Å²) in [6.07, 6.45) is 3.76. The Hall–Kier alpha value is -1.10. The molecule has 1 aromatic heterocycles. The summed E-state index contributed by atoms with van der Waals surface area (Å²) in [4.78, 5) is 6.63. The van der Waals surface area contributed by atoms with Crippen molar-refractivity contribution in [3.8, 4) is 0 Å². The molecule has 1 fully saturated rings. The molecule has 19 heavy (non-hydrogen) atoms. The first-order chi connectivity index (χ1) is 9.27. The fourth-order valence-corrected chi connectivity index (χ4v) is 4.01. The molecule has 2 N–H and O–H groups in total. The second-order valence-corrected chi connectivity index (χ2v) is 6.24. The Bertz CT molecular complexity index is 567. The molecule has 0 aliphatic carbocycles. The minimum atomic E-state index is 0.0469. The molecule has 2 unspecified atom stereocenters. The molecule has 2 atom stereocenters. The van der Waals surface area contributed by atoms with Gasteiger partial charge in [0.05, 0.1) is 0 Å². The minimum Gasteiger partial charge on any atom is -0.323 e. The quantitative estimate of drug-likeness (QED) is 0.911. The van der Waals surface area contributed by atoms with Crippen molar-refractivity contribution in [2.24, 2.45) is 5.73 Å². The second kappa shape index (κ2) is 5.49. The molecule has 0 saturated carbocycles. The largest absolute Gasteiger partial charge is 0.323 e. The number of hydrogen-bond acceptors (Lipinski definition) is 4. The highest BCUT2D eigenvalue weighted by Crippen LogP contribution is 2.29. The molecule has 2 heterocycles. The van der Waals surface area contributed by atoms with Gasteiger partial charge in [-0.2, -0.15) is 11.8 Å². The molecule has 1 aliphatic rings. The molecule has 4 heteroatoms. The van der Waals surface area contributed by atoms with Crippen molar-refractivity contribution < 1.29 is 0 Å². The highest BCUT2D eigenvalue weighted by molar-refractivity contribution is 7.99. The van der Waals surface area contributed by atoms with Gasteiger partial charge in [0.1, 0.15) is 0 Å². The lowest BCUT2D eigenvalue weighted by Crippen LogP contribution is -2.46. The van der Waals surface area contributed by atoms with Gasteiger partial charge in [-0.1, -0.05) is 18.2 Å². The molecule has 0 bridgehead atoms. The zero-order chi connectivity index (χ0) is 13.2. The summed E-state index contributed by atoms with van der Waals surface area (Å²) >= 11 is 2.00. The normalized spacial score (nSPS) is 22.5. The Morgan fingerprint density at radius 3 is 3.16 bits per heavy atom. The van der Waals surface area contributed by atoms with Crippen molar-refractivity contribution in [3.63, 3.8) is 0 Å². The van der Waals surface area contributed by atoms with E-state index in [1.165, 1.54) is 22.1 Å². The Kier molecular flexibility index (Phi) is 3.73. The summed E-state index contributed by atoms with van der Waals surface area (Å²) < 4.78 is 0. The van der Waals surface area contributed by atoms with Crippen LogP contribution in [-0.2, 0) is 0 Å². The van der Waals surface area contributed by atoms with Gasteiger partial charge in [0, 0.05) is 47.9 Å². The van der Waals surface area contributed by atoms with E-state index in [0.29, 0.717) is 6.04 Å². The third kappa shape index (κ3) is 2.48. The first-order valence-electron chi connectivity index (χ1n) is 6.63. The maximum atomic E-state index is 6.54. The van der Waals surface area contributed by atoms with E-state index in [1.54, 1.807) is 0 Å². The summed E-state index contributed by atoms with van der Waals surface area (Å²) in [7, 11) is 2.17. The third-order valence-electron chi connectivity index (χ3n) is 3.93. The number of pyridine rings is 1. The summed E-state index contributed by atoms with van der Waals surface area (Å²) in [5, 5.41) is 2.40. The lowest BCUT2D eigenvalue weighted by atomic mass is 9.95. The van der Waals surface area contributed by atoms with E-state index in [2.05, 4.69) is 35.1 Å². The Morgan fingerprint density at radius 1 is 1.42 bits per heavy atom. The van der Waals surface area contributed by atoms with Gasteiger partial charge in [-0.3, -0.25) is 9.88 Å². The van der Waals surface area contributed by atoms with Crippen molar-refractivity contribution in [1.29, 1.82) is 0 Å². The van der Waals surface area contributed by atoms with Gasteiger partial charge in [-0.05, 0) is 24.1 Å². The van der Waals surface area contributed by atoms with E-state index < -0.39 is 0 Å². The Morgan fingerprint density at radius 2 is 2.32 bits per heavy atom. The first-order valence-corrected chi connectivity index (χ1v) is 7.79. The van der Waals surface area contributed by atoms with Crippen LogP contribution in [0.1, 0.15) is 11.6 Å². The molecular weight excluding hydrogens is 254 g/mol. The number of fused-ring (bicyclic) bond motifs is 1. The third-order valence-corrected chi connectivity index (χ3v) is 4.98. The van der Waals surface area contributed by atoms with Crippen LogP contribution in [-0.4, -0.2) is 41.0 Å². The molecule has 2 aromatic rings. The van der Waals surface area contributed by atoms with E-state index in [0.717, 1.165) is 12.3 Å². The fraction of sp³-hybridized carbons (Fsp3) is 0.400. The predicted molar refractivity (Wildman–Crippen MR) is 82.4 cm³/mol. The highest BCUT2D eigenvalue weighted by Gasteiger charge is 2.27. The summed E-state index contributed by atoms with van der Waals surface area (Å²) in [5.74, 6) is 2.31. The molecular formula is C15H19N3S. The van der Waals surface area contributed by atoms with Crippen molar-refractivity contribution >= 4 is 22.5 Å². The topological polar surface area (TPSA) is 42.1 Å². The van der Waals surface area contributed by atoms with Crippen LogP contribution in [0.3, 0.4) is 0 Å². The van der Waals surface area contributed by atoms with Crippen LogP contribution in [0.2, 0.25) is 0 Å². The number of likely N-dealkylation sites (N-methyl/N-ethyl adjacent to an activating group) is 1. The van der Waals surface area contributed by atoms with Crippen molar-refractivity contribution in [2.45, 2.75) is 12.1 Å². The maximum Gasteiger partial charge on any atom is 0.0467 e. The van der Waals surface area contributed by atoms with E-state index in [1.807, 2.05) is 30.2 Å². The molecule has 100 valence electrons. The van der Waals surface area contributed by atoms with Gasteiger partial charge >= 0.3 is 0 Å². The van der Waals surface area contributed by atoms with Crippen LogP contribution in [0.25, 0.3) is 10.8 Å². The standard InChI is InChI=1S/C15H19N3S/c1-18-7-8-19-10-14(18)15(16)12-4-2-3-11-5-6-17-9-13(11)12/h2-6,9,14-15H,7-8,10,16H2,1H3. The van der Waals surface area contributed by atoms with Gasteiger partial charge in [-0.15, -0.1) is 0 Å². The van der Waals surface area contributed by atoms with Crippen LogP contribution in [0.4, 0.5) is 0 Å². The van der Waals surface area contributed by atoms with E-state index in [4.69, 9.17) is 5.73 Å². The zero-order valence-corrected chi connectivity index (χ0v) is 11.9. The van der Waals surface area contributed by atoms with Crippen molar-refractivity contribution in [2.75, 3.05) is 25.1 Å². The Labute approximate surface area is 118 Å². The van der Waals surface area contributed by atoms with Gasteiger partial charge in [0.15, 0.2) is 0 Å². The van der Waals surface area contributed by atoms with Crippen LogP contribution in [0.15, 0.2) is 36.7 Å². The number of aromatic nitrogens is 1. The average Bonchev–Trinajstić information content (AvgIpc) is 2.46. The molecule has 1 saturated heterocycles. The van der Waals surface area contributed by atoms with Crippen LogP contribution in [0, 0.1) is 0 Å². The molecule has 3 rings (SSSR count). The molecule has 0 amide bonds. The summed E-state index contributed by atoms with van der Waals surface area (Å²) in [6.45, 7) is 1.12. The highest BCUT2D eigenvalue weighted by atomic mass is 32.2. The first kappa shape index (κ1) is 12.9.